The molecule has 3 heteroatoms. The van der Waals surface area contributed by atoms with E-state index in [9.17, 15) is 0 Å². The summed E-state index contributed by atoms with van der Waals surface area (Å²) in [5, 5.41) is 0.796. The molecule has 2 N–H and O–H groups in total. The van der Waals surface area contributed by atoms with Gasteiger partial charge in [0.25, 0.3) is 0 Å². The Hall–Kier alpha value is -0.180. The quantitative estimate of drug-likeness (QED) is 0.622. The van der Waals surface area contributed by atoms with Crippen LogP contribution in [-0.4, -0.2) is 17.0 Å². The molecule has 94 valence electrons. The van der Waals surface area contributed by atoms with Gasteiger partial charge in [0.05, 0.1) is 6.04 Å². The van der Waals surface area contributed by atoms with E-state index in [2.05, 4.69) is 11.9 Å². The van der Waals surface area contributed by atoms with Crippen molar-refractivity contribution in [3.63, 3.8) is 0 Å². The van der Waals surface area contributed by atoms with E-state index >= 15 is 0 Å². The van der Waals surface area contributed by atoms with Crippen LogP contribution >= 0.6 is 11.8 Å². The molecule has 0 aromatic heterocycles. The zero-order valence-electron chi connectivity index (χ0n) is 10.6. The molecule has 0 aliphatic carbocycles. The molecule has 16 heavy (non-hydrogen) atoms. The molecule has 0 amide bonds. The Morgan fingerprint density at radius 3 is 2.31 bits per heavy atom. The van der Waals surface area contributed by atoms with Crippen molar-refractivity contribution in [2.45, 2.75) is 70.8 Å². The fourth-order valence-electron chi connectivity index (χ4n) is 2.10. The van der Waals surface area contributed by atoms with Gasteiger partial charge in [0, 0.05) is 5.75 Å². The number of nitrogens with zero attached hydrogens (tertiary/aromatic N) is 1. The number of thioether (sulfide) groups is 1. The maximum atomic E-state index is 5.64. The lowest BCUT2D eigenvalue weighted by molar-refractivity contribution is 0.546. The lowest BCUT2D eigenvalue weighted by Gasteiger charge is -2.05. The van der Waals surface area contributed by atoms with E-state index in [1.54, 1.807) is 11.8 Å². The van der Waals surface area contributed by atoms with Crippen molar-refractivity contribution >= 4 is 16.9 Å². The van der Waals surface area contributed by atoms with Crippen LogP contribution < -0.4 is 5.73 Å². The summed E-state index contributed by atoms with van der Waals surface area (Å²) in [6, 6.07) is 0.519. The zero-order valence-corrected chi connectivity index (χ0v) is 11.4. The van der Waals surface area contributed by atoms with E-state index in [-0.39, 0.29) is 0 Å². The van der Waals surface area contributed by atoms with Crippen LogP contribution in [-0.2, 0) is 0 Å². The minimum Gasteiger partial charge on any atom is -0.379 e. The van der Waals surface area contributed by atoms with Crippen molar-refractivity contribution in [2.24, 2.45) is 10.7 Å². The summed E-state index contributed by atoms with van der Waals surface area (Å²) in [6.45, 7) is 2.27. The van der Waals surface area contributed by atoms with E-state index in [0.717, 1.165) is 10.9 Å². The number of rotatable bonds is 9. The van der Waals surface area contributed by atoms with Crippen LogP contribution in [0.1, 0.15) is 64.7 Å². The smallest absolute Gasteiger partial charge is 0.154 e. The Labute approximate surface area is 104 Å². The van der Waals surface area contributed by atoms with Crippen molar-refractivity contribution in [3.8, 4) is 0 Å². The molecule has 0 radical (unpaired) electrons. The van der Waals surface area contributed by atoms with Gasteiger partial charge in [-0.15, -0.1) is 0 Å². The molecule has 1 aliphatic heterocycles. The van der Waals surface area contributed by atoms with Crippen LogP contribution in [0.5, 0.6) is 0 Å². The molecule has 1 heterocycles. The number of aliphatic imine (C=N–C) groups is 1. The maximum Gasteiger partial charge on any atom is 0.154 e. The van der Waals surface area contributed by atoms with E-state index in [1.807, 2.05) is 0 Å². The van der Waals surface area contributed by atoms with Gasteiger partial charge in [-0.3, -0.25) is 4.99 Å². The Balaban J connectivity index is 1.81. The summed E-state index contributed by atoms with van der Waals surface area (Å²) < 4.78 is 0. The summed E-state index contributed by atoms with van der Waals surface area (Å²) in [7, 11) is 0. The van der Waals surface area contributed by atoms with Gasteiger partial charge in [0.2, 0.25) is 0 Å². The molecular formula is C13H26N2S. The van der Waals surface area contributed by atoms with Gasteiger partial charge in [-0.2, -0.15) is 0 Å². The van der Waals surface area contributed by atoms with Gasteiger partial charge < -0.3 is 5.73 Å². The number of hydrogen-bond donors (Lipinski definition) is 1. The largest absolute Gasteiger partial charge is 0.379 e. The van der Waals surface area contributed by atoms with Crippen LogP contribution in [0, 0.1) is 0 Å². The standard InChI is InChI=1S/C13H26N2S/c1-2-3-4-5-6-7-8-9-10-12-11-16-13(14)15-12/h12H,2-11H2,1H3,(H2,14,15). The minimum atomic E-state index is 0.519. The first kappa shape index (κ1) is 13.9. The molecule has 1 atom stereocenters. The van der Waals surface area contributed by atoms with Gasteiger partial charge in [-0.25, -0.2) is 0 Å². The molecule has 1 unspecified atom stereocenters. The van der Waals surface area contributed by atoms with Crippen LogP contribution in [0.3, 0.4) is 0 Å². The number of nitrogens with two attached hydrogens (primary N) is 1. The summed E-state index contributed by atoms with van der Waals surface area (Å²) in [4.78, 5) is 4.40. The Bertz CT molecular complexity index is 204. The predicted molar refractivity (Wildman–Crippen MR) is 75.1 cm³/mol. The van der Waals surface area contributed by atoms with Gasteiger partial charge in [-0.05, 0) is 6.42 Å². The van der Waals surface area contributed by atoms with E-state index in [4.69, 9.17) is 5.73 Å². The fourth-order valence-corrected chi connectivity index (χ4v) is 2.93. The molecule has 0 saturated heterocycles. The summed E-state index contributed by atoms with van der Waals surface area (Å²) in [5.41, 5.74) is 5.64. The van der Waals surface area contributed by atoms with Crippen molar-refractivity contribution in [1.82, 2.24) is 0 Å². The highest BCUT2D eigenvalue weighted by Crippen LogP contribution is 2.20. The van der Waals surface area contributed by atoms with Crippen molar-refractivity contribution < 1.29 is 0 Å². The third kappa shape index (κ3) is 6.41. The lowest BCUT2D eigenvalue weighted by atomic mass is 10.1. The predicted octanol–water partition coefficient (Wildman–Crippen LogP) is 3.95. The topological polar surface area (TPSA) is 38.4 Å². The first-order valence-corrected chi connectivity index (χ1v) is 7.77. The monoisotopic (exact) mass is 242 g/mol. The Morgan fingerprint density at radius 2 is 1.75 bits per heavy atom. The van der Waals surface area contributed by atoms with E-state index in [1.165, 1.54) is 57.8 Å². The van der Waals surface area contributed by atoms with E-state index < -0.39 is 0 Å². The molecule has 1 rings (SSSR count). The highest BCUT2D eigenvalue weighted by molar-refractivity contribution is 8.14. The fraction of sp³-hybridized carbons (Fsp3) is 0.923. The van der Waals surface area contributed by atoms with Gasteiger partial charge in [0.15, 0.2) is 5.17 Å². The minimum absolute atomic E-state index is 0.519. The zero-order chi connectivity index (χ0) is 11.6. The lowest BCUT2D eigenvalue weighted by Crippen LogP contribution is -2.04. The molecule has 2 nitrogen and oxygen atoms in total. The second kappa shape index (κ2) is 8.91. The van der Waals surface area contributed by atoms with Crippen LogP contribution in [0.25, 0.3) is 0 Å². The summed E-state index contributed by atoms with van der Waals surface area (Å²) in [5.74, 6) is 1.11. The van der Waals surface area contributed by atoms with Gasteiger partial charge >= 0.3 is 0 Å². The summed E-state index contributed by atoms with van der Waals surface area (Å²) >= 11 is 1.71. The molecular weight excluding hydrogens is 216 g/mol. The molecule has 0 spiro atoms. The van der Waals surface area contributed by atoms with Crippen LogP contribution in [0.4, 0.5) is 0 Å². The molecule has 1 aliphatic rings. The first-order valence-electron chi connectivity index (χ1n) is 6.79. The molecule has 0 fully saturated rings. The average Bonchev–Trinajstić information content (AvgIpc) is 2.68. The second-order valence-corrected chi connectivity index (χ2v) is 5.74. The third-order valence-corrected chi connectivity index (χ3v) is 4.08. The van der Waals surface area contributed by atoms with Crippen LogP contribution in [0.15, 0.2) is 4.99 Å². The first-order chi connectivity index (χ1) is 7.83. The third-order valence-electron chi connectivity index (χ3n) is 3.12. The second-order valence-electron chi connectivity index (χ2n) is 4.70. The summed E-state index contributed by atoms with van der Waals surface area (Å²) in [6.07, 6.45) is 12.4. The number of hydrogen-bond acceptors (Lipinski definition) is 3. The normalized spacial score (nSPS) is 20.1. The van der Waals surface area contributed by atoms with Crippen molar-refractivity contribution in [2.75, 3.05) is 5.75 Å². The van der Waals surface area contributed by atoms with Crippen LogP contribution in [0.2, 0.25) is 0 Å². The maximum absolute atomic E-state index is 5.64. The van der Waals surface area contributed by atoms with Crippen molar-refractivity contribution in [3.05, 3.63) is 0 Å². The number of amidine groups is 1. The molecule has 0 aromatic carbocycles. The molecule has 0 saturated carbocycles. The number of unbranched alkanes of at least 4 members (excludes halogenated alkanes) is 7. The Kier molecular flexibility index (Phi) is 7.73. The van der Waals surface area contributed by atoms with Gasteiger partial charge in [-0.1, -0.05) is 70.1 Å². The molecule has 0 aromatic rings. The SMILES string of the molecule is CCCCCCCCCCC1CSC(N)=N1. The average molecular weight is 242 g/mol. The van der Waals surface area contributed by atoms with Crippen molar-refractivity contribution in [1.29, 1.82) is 0 Å². The van der Waals surface area contributed by atoms with E-state index in [0.29, 0.717) is 6.04 Å². The van der Waals surface area contributed by atoms with Gasteiger partial charge in [0.1, 0.15) is 0 Å². The highest BCUT2D eigenvalue weighted by atomic mass is 32.2. The molecule has 0 bridgehead atoms. The Morgan fingerprint density at radius 1 is 1.12 bits per heavy atom. The highest BCUT2D eigenvalue weighted by Gasteiger charge is 2.14.